The fourth-order valence-electron chi connectivity index (χ4n) is 2.90. The van der Waals surface area contributed by atoms with Crippen molar-refractivity contribution in [3.8, 4) is 0 Å². The molecule has 1 N–H and O–H groups in total. The summed E-state index contributed by atoms with van der Waals surface area (Å²) in [5, 5.41) is 3.36. The summed E-state index contributed by atoms with van der Waals surface area (Å²) in [7, 11) is 0. The van der Waals surface area contributed by atoms with Crippen molar-refractivity contribution in [1.82, 2.24) is 10.2 Å². The van der Waals surface area contributed by atoms with Crippen molar-refractivity contribution < 1.29 is 14.3 Å². The van der Waals surface area contributed by atoms with Crippen LogP contribution >= 0.6 is 0 Å². The van der Waals surface area contributed by atoms with Gasteiger partial charge in [0.15, 0.2) is 0 Å². The predicted octanol–water partition coefficient (Wildman–Crippen LogP) is 0.433. The molecule has 3 rings (SSSR count). The number of amides is 2. The van der Waals surface area contributed by atoms with E-state index in [2.05, 4.69) is 12.2 Å². The molecule has 1 saturated carbocycles. The molecule has 2 amide bonds. The van der Waals surface area contributed by atoms with E-state index in [9.17, 15) is 9.59 Å². The summed E-state index contributed by atoms with van der Waals surface area (Å²) in [5.41, 5.74) is -0.194. The van der Waals surface area contributed by atoms with Gasteiger partial charge >= 0.3 is 0 Å². The van der Waals surface area contributed by atoms with Gasteiger partial charge in [-0.25, -0.2) is 0 Å². The van der Waals surface area contributed by atoms with Crippen LogP contribution in [0.5, 0.6) is 0 Å². The van der Waals surface area contributed by atoms with Gasteiger partial charge in [0.25, 0.3) is 0 Å². The molecule has 0 bridgehead atoms. The molecular formula is C13H20N2O3. The molecule has 1 aliphatic carbocycles. The number of rotatable bonds is 3. The maximum atomic E-state index is 12.2. The Bertz CT molecular complexity index is 394. The summed E-state index contributed by atoms with van der Waals surface area (Å²) < 4.78 is 5.56. The Kier molecular flexibility index (Phi) is 2.71. The highest BCUT2D eigenvalue weighted by molar-refractivity contribution is 6.06. The number of nitrogens with zero attached hydrogens (tertiary/aromatic N) is 1. The molecular weight excluding hydrogens is 232 g/mol. The molecule has 0 aromatic carbocycles. The summed E-state index contributed by atoms with van der Waals surface area (Å²) in [6, 6.07) is -0.172. The van der Waals surface area contributed by atoms with Crippen molar-refractivity contribution in [2.24, 2.45) is 0 Å². The van der Waals surface area contributed by atoms with E-state index in [1.165, 1.54) is 4.90 Å². The van der Waals surface area contributed by atoms with E-state index in [4.69, 9.17) is 4.74 Å². The second-order valence-corrected chi connectivity index (χ2v) is 5.91. The second kappa shape index (κ2) is 4.03. The lowest BCUT2D eigenvalue weighted by Crippen LogP contribution is -2.54. The van der Waals surface area contributed by atoms with Gasteiger partial charge in [0.2, 0.25) is 11.8 Å². The molecule has 3 fully saturated rings. The maximum absolute atomic E-state index is 12.2. The van der Waals surface area contributed by atoms with Crippen LogP contribution in [0.3, 0.4) is 0 Å². The minimum Gasteiger partial charge on any atom is -0.377 e. The summed E-state index contributed by atoms with van der Waals surface area (Å²) in [6.45, 7) is 4.80. The first-order valence-electron chi connectivity index (χ1n) is 6.76. The Labute approximate surface area is 107 Å². The highest BCUT2D eigenvalue weighted by atomic mass is 16.5. The van der Waals surface area contributed by atoms with Crippen LogP contribution in [-0.4, -0.2) is 47.0 Å². The standard InChI is InChI=1S/C13H20N2O3/c1-8-13(2,5-6-18-8)14-10-7-11(16)15(12(10)17)9-3-4-9/h8-10,14H,3-7H2,1-2H3. The molecule has 5 heteroatoms. The summed E-state index contributed by atoms with van der Waals surface area (Å²) in [5.74, 6) is -0.0574. The van der Waals surface area contributed by atoms with E-state index in [-0.39, 0.29) is 35.5 Å². The molecule has 0 aromatic heterocycles. The van der Waals surface area contributed by atoms with Gasteiger partial charge in [0, 0.05) is 18.2 Å². The first-order valence-corrected chi connectivity index (χ1v) is 6.76. The lowest BCUT2D eigenvalue weighted by molar-refractivity contribution is -0.139. The number of ether oxygens (including phenoxy) is 1. The second-order valence-electron chi connectivity index (χ2n) is 5.91. The minimum atomic E-state index is -0.354. The van der Waals surface area contributed by atoms with E-state index in [0.717, 1.165) is 19.3 Å². The maximum Gasteiger partial charge on any atom is 0.247 e. The predicted molar refractivity (Wildman–Crippen MR) is 64.9 cm³/mol. The zero-order valence-corrected chi connectivity index (χ0v) is 10.9. The Morgan fingerprint density at radius 2 is 2.11 bits per heavy atom. The highest BCUT2D eigenvalue weighted by Crippen LogP contribution is 2.33. The van der Waals surface area contributed by atoms with Crippen LogP contribution in [0.25, 0.3) is 0 Å². The summed E-state index contributed by atoms with van der Waals surface area (Å²) in [6.07, 6.45) is 3.21. The monoisotopic (exact) mass is 252 g/mol. The number of carbonyl (C=O) groups is 2. The van der Waals surface area contributed by atoms with Gasteiger partial charge in [0.1, 0.15) is 0 Å². The van der Waals surface area contributed by atoms with Gasteiger partial charge in [-0.3, -0.25) is 19.8 Å². The molecule has 0 spiro atoms. The Balaban J connectivity index is 1.70. The van der Waals surface area contributed by atoms with E-state index in [1.807, 2.05) is 6.92 Å². The van der Waals surface area contributed by atoms with Crippen molar-refractivity contribution in [2.45, 2.75) is 63.3 Å². The Morgan fingerprint density at radius 3 is 2.67 bits per heavy atom. The molecule has 3 aliphatic rings. The molecule has 18 heavy (non-hydrogen) atoms. The number of nitrogens with one attached hydrogen (secondary N) is 1. The molecule has 0 aromatic rings. The fourth-order valence-corrected chi connectivity index (χ4v) is 2.90. The van der Waals surface area contributed by atoms with E-state index >= 15 is 0 Å². The number of imide groups is 1. The van der Waals surface area contributed by atoms with Gasteiger partial charge < -0.3 is 4.74 Å². The number of carbonyl (C=O) groups excluding carboxylic acids is 2. The lowest BCUT2D eigenvalue weighted by Gasteiger charge is -2.31. The van der Waals surface area contributed by atoms with Crippen molar-refractivity contribution in [1.29, 1.82) is 0 Å². The van der Waals surface area contributed by atoms with Crippen LogP contribution in [0.1, 0.15) is 39.5 Å². The van der Waals surface area contributed by atoms with Crippen molar-refractivity contribution in [2.75, 3.05) is 6.61 Å². The average molecular weight is 252 g/mol. The lowest BCUT2D eigenvalue weighted by atomic mass is 9.93. The Hall–Kier alpha value is -0.940. The van der Waals surface area contributed by atoms with Crippen molar-refractivity contribution in [3.63, 3.8) is 0 Å². The molecule has 0 radical (unpaired) electrons. The van der Waals surface area contributed by atoms with Gasteiger partial charge in [-0.15, -0.1) is 0 Å². The van der Waals surface area contributed by atoms with Crippen LogP contribution in [0, 0.1) is 0 Å². The molecule has 2 aliphatic heterocycles. The normalized spacial score (nSPS) is 40.9. The van der Waals surface area contributed by atoms with Gasteiger partial charge in [0.05, 0.1) is 18.6 Å². The molecule has 2 saturated heterocycles. The number of likely N-dealkylation sites (tertiary alicyclic amines) is 1. The highest BCUT2D eigenvalue weighted by Gasteiger charge is 2.49. The zero-order chi connectivity index (χ0) is 12.9. The first kappa shape index (κ1) is 12.1. The molecule has 100 valence electrons. The van der Waals surface area contributed by atoms with Crippen molar-refractivity contribution in [3.05, 3.63) is 0 Å². The summed E-state index contributed by atoms with van der Waals surface area (Å²) >= 11 is 0. The van der Waals surface area contributed by atoms with E-state index in [1.54, 1.807) is 0 Å². The summed E-state index contributed by atoms with van der Waals surface area (Å²) in [4.78, 5) is 25.6. The molecule has 5 nitrogen and oxygen atoms in total. The molecule has 3 atom stereocenters. The minimum absolute atomic E-state index is 0.0184. The topological polar surface area (TPSA) is 58.6 Å². The third-order valence-electron chi connectivity index (χ3n) is 4.49. The van der Waals surface area contributed by atoms with Crippen LogP contribution < -0.4 is 5.32 Å². The van der Waals surface area contributed by atoms with Crippen molar-refractivity contribution >= 4 is 11.8 Å². The third-order valence-corrected chi connectivity index (χ3v) is 4.49. The smallest absolute Gasteiger partial charge is 0.247 e. The average Bonchev–Trinajstić information content (AvgIpc) is 3.02. The number of hydrogen-bond donors (Lipinski definition) is 1. The Morgan fingerprint density at radius 1 is 1.39 bits per heavy atom. The van der Waals surface area contributed by atoms with Crippen LogP contribution in [0.4, 0.5) is 0 Å². The molecule has 3 unspecified atom stereocenters. The van der Waals surface area contributed by atoms with E-state index in [0.29, 0.717) is 13.0 Å². The first-order chi connectivity index (χ1) is 8.51. The van der Waals surface area contributed by atoms with Gasteiger partial charge in [-0.1, -0.05) is 0 Å². The SMILES string of the molecule is CC1OCCC1(C)NC1CC(=O)N(C2CC2)C1=O. The zero-order valence-electron chi connectivity index (χ0n) is 10.9. The molecule has 2 heterocycles. The largest absolute Gasteiger partial charge is 0.377 e. The van der Waals surface area contributed by atoms with E-state index < -0.39 is 0 Å². The quantitative estimate of drug-likeness (QED) is 0.740. The third kappa shape index (κ3) is 1.86. The van der Waals surface area contributed by atoms with Crippen LogP contribution in [0.2, 0.25) is 0 Å². The van der Waals surface area contributed by atoms with Crippen LogP contribution in [0.15, 0.2) is 0 Å². The van der Waals surface area contributed by atoms with Gasteiger partial charge in [-0.05, 0) is 33.1 Å². The number of hydrogen-bond acceptors (Lipinski definition) is 4. The fraction of sp³-hybridized carbons (Fsp3) is 0.846. The van der Waals surface area contributed by atoms with Gasteiger partial charge in [-0.2, -0.15) is 0 Å². The van der Waals surface area contributed by atoms with Crippen LogP contribution in [-0.2, 0) is 14.3 Å².